The Morgan fingerprint density at radius 2 is 1.24 bits per heavy atom. The summed E-state index contributed by atoms with van der Waals surface area (Å²) in [6.07, 6.45) is 29.1. The quantitative estimate of drug-likeness (QED) is 0.203. The molecule has 25 heavy (non-hydrogen) atoms. The van der Waals surface area contributed by atoms with Gasteiger partial charge in [0.15, 0.2) is 0 Å². The average Bonchev–Trinajstić information content (AvgIpc) is 2.65. The van der Waals surface area contributed by atoms with E-state index in [1.165, 1.54) is 109 Å². The number of carbonyl (C=O) groups excluding carboxylic acids is 1. The standard InChI is InChI=1S/C24H44O/c1-2-3-4-5-6-7-8-9-10-11-12-13-14-15-19-22-24(25)23-20-17-16-18-21-23/h9-10,23H,2-8,11-22H2,1H3/b10-9-. The minimum absolute atomic E-state index is 0.422. The molecule has 0 unspecified atom stereocenters. The highest BCUT2D eigenvalue weighted by molar-refractivity contribution is 5.80. The van der Waals surface area contributed by atoms with Crippen molar-refractivity contribution in [2.45, 2.75) is 129 Å². The molecule has 0 spiro atoms. The van der Waals surface area contributed by atoms with Crippen LogP contribution in [0.3, 0.4) is 0 Å². The molecule has 1 fully saturated rings. The molecule has 0 radical (unpaired) electrons. The Kier molecular flexibility index (Phi) is 15.1. The van der Waals surface area contributed by atoms with Crippen LogP contribution in [0.2, 0.25) is 0 Å². The summed E-state index contributed by atoms with van der Waals surface area (Å²) in [4.78, 5) is 12.1. The van der Waals surface area contributed by atoms with Crippen molar-refractivity contribution in [1.82, 2.24) is 0 Å². The summed E-state index contributed by atoms with van der Waals surface area (Å²) in [5, 5.41) is 0. The highest BCUT2D eigenvalue weighted by Crippen LogP contribution is 2.26. The first kappa shape index (κ1) is 22.5. The predicted octanol–water partition coefficient (Wildman–Crippen LogP) is 8.17. The van der Waals surface area contributed by atoms with Gasteiger partial charge in [-0.15, -0.1) is 0 Å². The third kappa shape index (κ3) is 13.3. The van der Waals surface area contributed by atoms with Crippen molar-refractivity contribution >= 4 is 5.78 Å². The first-order chi connectivity index (χ1) is 12.3. The Labute approximate surface area is 158 Å². The molecule has 0 bridgehead atoms. The van der Waals surface area contributed by atoms with Gasteiger partial charge in [0.05, 0.1) is 0 Å². The van der Waals surface area contributed by atoms with Crippen molar-refractivity contribution < 1.29 is 4.79 Å². The second-order valence-electron chi connectivity index (χ2n) is 8.14. The molecule has 1 rings (SSSR count). The maximum absolute atomic E-state index is 12.1. The van der Waals surface area contributed by atoms with E-state index in [-0.39, 0.29) is 0 Å². The lowest BCUT2D eigenvalue weighted by atomic mass is 9.84. The number of hydrogen-bond acceptors (Lipinski definition) is 1. The highest BCUT2D eigenvalue weighted by atomic mass is 16.1. The number of unbranched alkanes of at least 4 members (excludes halogenated alkanes) is 11. The maximum atomic E-state index is 12.1. The largest absolute Gasteiger partial charge is 0.299 e. The molecule has 1 saturated carbocycles. The van der Waals surface area contributed by atoms with Crippen LogP contribution in [0.25, 0.3) is 0 Å². The van der Waals surface area contributed by atoms with E-state index in [4.69, 9.17) is 0 Å². The molecular weight excluding hydrogens is 304 g/mol. The number of allylic oxidation sites excluding steroid dienone is 2. The van der Waals surface area contributed by atoms with Gasteiger partial charge in [0.2, 0.25) is 0 Å². The van der Waals surface area contributed by atoms with E-state index in [2.05, 4.69) is 19.1 Å². The third-order valence-corrected chi connectivity index (χ3v) is 5.75. The van der Waals surface area contributed by atoms with Crippen LogP contribution in [0.4, 0.5) is 0 Å². The van der Waals surface area contributed by atoms with Crippen LogP contribution in [0.15, 0.2) is 12.2 Å². The summed E-state index contributed by atoms with van der Waals surface area (Å²) in [7, 11) is 0. The molecule has 0 aromatic carbocycles. The van der Waals surface area contributed by atoms with Gasteiger partial charge in [0.1, 0.15) is 5.78 Å². The van der Waals surface area contributed by atoms with Crippen molar-refractivity contribution in [3.8, 4) is 0 Å². The summed E-state index contributed by atoms with van der Waals surface area (Å²) in [5.41, 5.74) is 0. The summed E-state index contributed by atoms with van der Waals surface area (Å²) in [6, 6.07) is 0. The Balaban J connectivity index is 1.79. The molecule has 146 valence electrons. The van der Waals surface area contributed by atoms with Crippen LogP contribution >= 0.6 is 0 Å². The number of rotatable bonds is 16. The van der Waals surface area contributed by atoms with E-state index in [1.807, 2.05) is 0 Å². The minimum Gasteiger partial charge on any atom is -0.299 e. The molecule has 0 N–H and O–H groups in total. The van der Waals surface area contributed by atoms with Crippen LogP contribution in [0.1, 0.15) is 129 Å². The molecule has 1 heteroatoms. The zero-order valence-electron chi connectivity index (χ0n) is 17.1. The number of Topliss-reactive ketones (excluding diaryl/α,β-unsaturated/α-hetero) is 1. The van der Waals surface area contributed by atoms with Crippen molar-refractivity contribution in [1.29, 1.82) is 0 Å². The topological polar surface area (TPSA) is 17.1 Å². The molecule has 0 aromatic heterocycles. The van der Waals surface area contributed by atoms with E-state index >= 15 is 0 Å². The van der Waals surface area contributed by atoms with E-state index < -0.39 is 0 Å². The Morgan fingerprint density at radius 3 is 1.84 bits per heavy atom. The lowest BCUT2D eigenvalue weighted by Crippen LogP contribution is -2.17. The fourth-order valence-electron chi connectivity index (χ4n) is 4.00. The van der Waals surface area contributed by atoms with Gasteiger partial charge in [0, 0.05) is 12.3 Å². The fourth-order valence-corrected chi connectivity index (χ4v) is 4.00. The number of hydrogen-bond donors (Lipinski definition) is 0. The van der Waals surface area contributed by atoms with Crippen molar-refractivity contribution in [2.24, 2.45) is 5.92 Å². The second kappa shape index (κ2) is 16.9. The van der Waals surface area contributed by atoms with E-state index in [0.717, 1.165) is 12.8 Å². The lowest BCUT2D eigenvalue weighted by Gasteiger charge is -2.20. The number of carbonyl (C=O) groups is 1. The van der Waals surface area contributed by atoms with Crippen LogP contribution in [0, 0.1) is 5.92 Å². The van der Waals surface area contributed by atoms with Crippen molar-refractivity contribution in [3.05, 3.63) is 12.2 Å². The summed E-state index contributed by atoms with van der Waals surface area (Å²) < 4.78 is 0. The highest BCUT2D eigenvalue weighted by Gasteiger charge is 2.19. The first-order valence-corrected chi connectivity index (χ1v) is 11.5. The molecule has 0 aliphatic heterocycles. The SMILES string of the molecule is CCCCCCCC/C=C\CCCCCCCC(=O)C1CCCCC1. The normalized spacial score (nSPS) is 15.9. The lowest BCUT2D eigenvalue weighted by molar-refractivity contribution is -0.123. The van der Waals surface area contributed by atoms with Gasteiger partial charge in [-0.1, -0.05) is 89.7 Å². The van der Waals surface area contributed by atoms with Gasteiger partial charge in [0.25, 0.3) is 0 Å². The van der Waals surface area contributed by atoms with E-state index in [0.29, 0.717) is 11.7 Å². The minimum atomic E-state index is 0.422. The van der Waals surface area contributed by atoms with Crippen LogP contribution in [0.5, 0.6) is 0 Å². The fraction of sp³-hybridized carbons (Fsp3) is 0.875. The molecule has 0 saturated heterocycles. The molecule has 1 aliphatic rings. The monoisotopic (exact) mass is 348 g/mol. The summed E-state index contributed by atoms with van der Waals surface area (Å²) in [6.45, 7) is 2.28. The van der Waals surface area contributed by atoms with Gasteiger partial charge in [-0.05, 0) is 44.9 Å². The molecule has 0 heterocycles. The molecule has 0 atom stereocenters. The van der Waals surface area contributed by atoms with Gasteiger partial charge in [-0.2, -0.15) is 0 Å². The Hall–Kier alpha value is -0.590. The molecular formula is C24H44O. The van der Waals surface area contributed by atoms with Crippen molar-refractivity contribution in [3.63, 3.8) is 0 Å². The van der Waals surface area contributed by atoms with Gasteiger partial charge in [-0.3, -0.25) is 4.79 Å². The summed E-state index contributed by atoms with van der Waals surface area (Å²) in [5.74, 6) is 0.989. The second-order valence-corrected chi connectivity index (χ2v) is 8.14. The smallest absolute Gasteiger partial charge is 0.135 e. The summed E-state index contributed by atoms with van der Waals surface area (Å²) >= 11 is 0. The van der Waals surface area contributed by atoms with Crippen LogP contribution < -0.4 is 0 Å². The first-order valence-electron chi connectivity index (χ1n) is 11.5. The zero-order chi connectivity index (χ0) is 18.0. The predicted molar refractivity (Wildman–Crippen MR) is 111 cm³/mol. The molecule has 1 aliphatic carbocycles. The van der Waals surface area contributed by atoms with Crippen LogP contribution in [-0.2, 0) is 4.79 Å². The Bertz CT molecular complexity index is 325. The Morgan fingerprint density at radius 1 is 0.720 bits per heavy atom. The molecule has 1 nitrogen and oxygen atoms in total. The van der Waals surface area contributed by atoms with E-state index in [9.17, 15) is 4.79 Å². The van der Waals surface area contributed by atoms with Gasteiger partial charge < -0.3 is 0 Å². The van der Waals surface area contributed by atoms with Crippen LogP contribution in [-0.4, -0.2) is 5.78 Å². The van der Waals surface area contributed by atoms with E-state index in [1.54, 1.807) is 0 Å². The number of ketones is 1. The molecule has 0 amide bonds. The van der Waals surface area contributed by atoms with Gasteiger partial charge >= 0.3 is 0 Å². The maximum Gasteiger partial charge on any atom is 0.135 e. The third-order valence-electron chi connectivity index (χ3n) is 5.75. The molecule has 0 aromatic rings. The average molecular weight is 349 g/mol. The van der Waals surface area contributed by atoms with Gasteiger partial charge in [-0.25, -0.2) is 0 Å². The van der Waals surface area contributed by atoms with Crippen molar-refractivity contribution in [2.75, 3.05) is 0 Å². The zero-order valence-corrected chi connectivity index (χ0v) is 17.1.